The van der Waals surface area contributed by atoms with Gasteiger partial charge in [-0.15, -0.1) is 0 Å². The molecule has 4 aromatic rings. The summed E-state index contributed by atoms with van der Waals surface area (Å²) in [5.41, 5.74) is 2.93. The van der Waals surface area contributed by atoms with Gasteiger partial charge in [0.25, 0.3) is 0 Å². The van der Waals surface area contributed by atoms with Gasteiger partial charge in [0.05, 0.1) is 5.39 Å². The van der Waals surface area contributed by atoms with Crippen molar-refractivity contribution in [2.45, 2.75) is 13.8 Å². The monoisotopic (exact) mass is 420 g/mol. The Morgan fingerprint density at radius 3 is 2.43 bits per heavy atom. The third-order valence-electron chi connectivity index (χ3n) is 4.75. The summed E-state index contributed by atoms with van der Waals surface area (Å²) in [5, 5.41) is 0.899. The molecule has 0 aliphatic rings. The highest BCUT2D eigenvalue weighted by molar-refractivity contribution is 6.32. The highest BCUT2D eigenvalue weighted by Crippen LogP contribution is 2.32. The second-order valence-electron chi connectivity index (χ2n) is 7.07. The van der Waals surface area contributed by atoms with Crippen molar-refractivity contribution in [2.24, 2.45) is 0 Å². The second-order valence-corrected chi connectivity index (χ2v) is 7.47. The quantitative estimate of drug-likeness (QED) is 0.349. The fourth-order valence-corrected chi connectivity index (χ4v) is 3.38. The molecule has 0 saturated heterocycles. The summed E-state index contributed by atoms with van der Waals surface area (Å²) in [5.74, 6) is 1.31. The Kier molecular flexibility index (Phi) is 5.77. The van der Waals surface area contributed by atoms with Crippen LogP contribution in [0.5, 0.6) is 11.5 Å². The summed E-state index contributed by atoms with van der Waals surface area (Å²) in [6.07, 6.45) is 0. The van der Waals surface area contributed by atoms with E-state index in [1.807, 2.05) is 68.4 Å². The van der Waals surface area contributed by atoms with Crippen molar-refractivity contribution < 1.29 is 13.9 Å². The lowest BCUT2D eigenvalue weighted by Crippen LogP contribution is -2.15. The van der Waals surface area contributed by atoms with E-state index in [0.717, 1.165) is 22.4 Å². The number of rotatable bonds is 6. The molecule has 0 aliphatic carbocycles. The van der Waals surface area contributed by atoms with E-state index in [-0.39, 0.29) is 17.8 Å². The standard InChI is InChI=1S/C25H21ClO4/c1-16-7-6-10-19(13-16)28-11-12-29-25-23(27)20-15-21(26)17(2)14-22(20)30-24(25)18-8-4-3-5-9-18/h3-10,13-15H,11-12H2,1-2H3. The van der Waals surface area contributed by atoms with Crippen LogP contribution in [0.1, 0.15) is 11.1 Å². The van der Waals surface area contributed by atoms with E-state index < -0.39 is 0 Å². The van der Waals surface area contributed by atoms with E-state index in [2.05, 4.69) is 0 Å². The fourth-order valence-electron chi connectivity index (χ4n) is 3.22. The summed E-state index contributed by atoms with van der Waals surface area (Å²) in [7, 11) is 0. The van der Waals surface area contributed by atoms with Gasteiger partial charge in [-0.3, -0.25) is 4.79 Å². The minimum atomic E-state index is -0.257. The molecular weight excluding hydrogens is 400 g/mol. The van der Waals surface area contributed by atoms with Crippen LogP contribution in [-0.4, -0.2) is 13.2 Å². The molecule has 5 heteroatoms. The Bertz CT molecular complexity index is 1250. The Labute approximate surface area is 179 Å². The van der Waals surface area contributed by atoms with Gasteiger partial charge >= 0.3 is 0 Å². The lowest BCUT2D eigenvalue weighted by Gasteiger charge is -2.13. The maximum Gasteiger partial charge on any atom is 0.235 e. The van der Waals surface area contributed by atoms with E-state index in [1.165, 1.54) is 0 Å². The molecule has 152 valence electrons. The van der Waals surface area contributed by atoms with Gasteiger partial charge in [0.15, 0.2) is 5.76 Å². The summed E-state index contributed by atoms with van der Waals surface area (Å²) in [6, 6.07) is 20.6. The highest BCUT2D eigenvalue weighted by Gasteiger charge is 2.18. The number of fused-ring (bicyclic) bond motifs is 1. The maximum absolute atomic E-state index is 13.2. The van der Waals surface area contributed by atoms with Crippen LogP contribution in [0.2, 0.25) is 5.02 Å². The van der Waals surface area contributed by atoms with Crippen LogP contribution in [0.3, 0.4) is 0 Å². The predicted molar refractivity (Wildman–Crippen MR) is 120 cm³/mol. The Balaban J connectivity index is 1.67. The van der Waals surface area contributed by atoms with Crippen LogP contribution >= 0.6 is 11.6 Å². The maximum atomic E-state index is 13.2. The Hall–Kier alpha value is -3.24. The highest BCUT2D eigenvalue weighted by atomic mass is 35.5. The molecule has 0 saturated carbocycles. The van der Waals surface area contributed by atoms with Crippen LogP contribution in [0.15, 0.2) is 75.9 Å². The second kappa shape index (κ2) is 8.64. The first-order valence-corrected chi connectivity index (χ1v) is 10.1. The molecule has 3 aromatic carbocycles. The number of benzene rings is 3. The van der Waals surface area contributed by atoms with Crippen LogP contribution in [0.25, 0.3) is 22.3 Å². The van der Waals surface area contributed by atoms with Crippen molar-refractivity contribution in [3.05, 3.63) is 93.1 Å². The van der Waals surface area contributed by atoms with E-state index in [0.29, 0.717) is 28.4 Å². The van der Waals surface area contributed by atoms with Gasteiger partial charge in [-0.05, 0) is 49.2 Å². The first-order valence-electron chi connectivity index (χ1n) is 9.67. The first kappa shape index (κ1) is 20.0. The number of halogens is 1. The minimum Gasteiger partial charge on any atom is -0.490 e. The van der Waals surface area contributed by atoms with Crippen molar-refractivity contribution in [2.75, 3.05) is 13.2 Å². The average molecular weight is 421 g/mol. The van der Waals surface area contributed by atoms with Crippen LogP contribution in [0, 0.1) is 13.8 Å². The molecule has 0 unspecified atom stereocenters. The molecule has 0 bridgehead atoms. The molecule has 0 atom stereocenters. The van der Waals surface area contributed by atoms with Gasteiger partial charge in [0.1, 0.15) is 24.5 Å². The number of hydrogen-bond acceptors (Lipinski definition) is 4. The van der Waals surface area contributed by atoms with E-state index in [1.54, 1.807) is 12.1 Å². The van der Waals surface area contributed by atoms with Crippen molar-refractivity contribution in [3.63, 3.8) is 0 Å². The topological polar surface area (TPSA) is 48.7 Å². The largest absolute Gasteiger partial charge is 0.490 e. The lowest BCUT2D eigenvalue weighted by atomic mass is 10.1. The number of hydrogen-bond donors (Lipinski definition) is 0. The zero-order valence-electron chi connectivity index (χ0n) is 16.8. The Morgan fingerprint density at radius 2 is 1.67 bits per heavy atom. The zero-order valence-corrected chi connectivity index (χ0v) is 17.5. The van der Waals surface area contributed by atoms with Crippen molar-refractivity contribution in [1.29, 1.82) is 0 Å². The first-order chi connectivity index (χ1) is 14.5. The van der Waals surface area contributed by atoms with E-state index in [9.17, 15) is 4.79 Å². The molecule has 0 spiro atoms. The Morgan fingerprint density at radius 1 is 0.900 bits per heavy atom. The molecule has 1 aromatic heterocycles. The lowest BCUT2D eigenvalue weighted by molar-refractivity contribution is 0.214. The van der Waals surface area contributed by atoms with E-state index in [4.69, 9.17) is 25.5 Å². The van der Waals surface area contributed by atoms with Gasteiger partial charge in [0.2, 0.25) is 11.2 Å². The third-order valence-corrected chi connectivity index (χ3v) is 5.16. The fraction of sp³-hybridized carbons (Fsp3) is 0.160. The summed E-state index contributed by atoms with van der Waals surface area (Å²) in [4.78, 5) is 13.2. The van der Waals surface area contributed by atoms with Gasteiger partial charge in [0, 0.05) is 10.6 Å². The molecule has 4 nitrogen and oxygen atoms in total. The molecule has 0 radical (unpaired) electrons. The van der Waals surface area contributed by atoms with Crippen molar-refractivity contribution in [3.8, 4) is 22.8 Å². The van der Waals surface area contributed by atoms with Crippen LogP contribution < -0.4 is 14.9 Å². The molecule has 0 aliphatic heterocycles. The van der Waals surface area contributed by atoms with Crippen LogP contribution in [0.4, 0.5) is 0 Å². The SMILES string of the molecule is Cc1cccc(OCCOc2c(-c3ccccc3)oc3cc(C)c(Cl)cc3c2=O)c1. The number of ether oxygens (including phenoxy) is 2. The van der Waals surface area contributed by atoms with Gasteiger partial charge < -0.3 is 13.9 Å². The summed E-state index contributed by atoms with van der Waals surface area (Å²) >= 11 is 6.23. The van der Waals surface area contributed by atoms with Gasteiger partial charge in [-0.25, -0.2) is 0 Å². The number of aryl methyl sites for hydroxylation is 2. The minimum absolute atomic E-state index is 0.154. The molecule has 1 heterocycles. The summed E-state index contributed by atoms with van der Waals surface area (Å²) in [6.45, 7) is 4.37. The average Bonchev–Trinajstić information content (AvgIpc) is 2.74. The van der Waals surface area contributed by atoms with Crippen molar-refractivity contribution >= 4 is 22.6 Å². The smallest absolute Gasteiger partial charge is 0.235 e. The third kappa shape index (κ3) is 4.19. The van der Waals surface area contributed by atoms with Gasteiger partial charge in [-0.1, -0.05) is 54.1 Å². The predicted octanol–water partition coefficient (Wildman–Crippen LogP) is 6.19. The molecule has 0 amide bonds. The molecular formula is C25H21ClO4. The summed E-state index contributed by atoms with van der Waals surface area (Å²) < 4.78 is 17.7. The molecule has 0 N–H and O–H groups in total. The van der Waals surface area contributed by atoms with Gasteiger partial charge in [-0.2, -0.15) is 0 Å². The van der Waals surface area contributed by atoms with Crippen molar-refractivity contribution in [1.82, 2.24) is 0 Å². The zero-order chi connectivity index (χ0) is 21.1. The molecule has 0 fully saturated rings. The molecule has 4 rings (SSSR count). The molecule has 30 heavy (non-hydrogen) atoms. The normalized spacial score (nSPS) is 10.9. The van der Waals surface area contributed by atoms with E-state index >= 15 is 0 Å². The van der Waals surface area contributed by atoms with Crippen LogP contribution in [-0.2, 0) is 0 Å².